The maximum Gasteiger partial charge on any atom is 0.108 e. The van der Waals surface area contributed by atoms with Gasteiger partial charge in [-0.15, -0.1) is 0 Å². The molecule has 0 spiro atoms. The van der Waals surface area contributed by atoms with E-state index in [2.05, 4.69) is 28.8 Å². The van der Waals surface area contributed by atoms with Gasteiger partial charge in [-0.2, -0.15) is 0 Å². The first-order chi connectivity index (χ1) is 8.81. The van der Waals surface area contributed by atoms with Crippen LogP contribution in [0, 0.1) is 5.92 Å². The average Bonchev–Trinajstić information content (AvgIpc) is 3.13. The molecule has 0 bridgehead atoms. The Hall–Kier alpha value is -0.830. The van der Waals surface area contributed by atoms with E-state index in [0.29, 0.717) is 0 Å². The van der Waals surface area contributed by atoms with Crippen molar-refractivity contribution >= 4 is 0 Å². The Morgan fingerprint density at radius 3 is 2.89 bits per heavy atom. The Balaban J connectivity index is 1.62. The first-order valence-electron chi connectivity index (χ1n) is 7.51. The molecule has 1 atom stereocenters. The van der Waals surface area contributed by atoms with Crippen LogP contribution in [-0.2, 0) is 13.5 Å². The van der Waals surface area contributed by atoms with Crippen LogP contribution in [0.4, 0.5) is 0 Å². The smallest absolute Gasteiger partial charge is 0.108 e. The number of hydrogen-bond acceptors (Lipinski definition) is 2. The molecule has 0 saturated heterocycles. The number of nitrogens with one attached hydrogen (secondary N) is 1. The van der Waals surface area contributed by atoms with Gasteiger partial charge < -0.3 is 9.88 Å². The lowest BCUT2D eigenvalue weighted by Gasteiger charge is -2.17. The first kappa shape index (κ1) is 13.6. The molecule has 18 heavy (non-hydrogen) atoms. The van der Waals surface area contributed by atoms with E-state index < -0.39 is 0 Å². The molecule has 1 saturated carbocycles. The van der Waals surface area contributed by atoms with Crippen molar-refractivity contribution in [3.8, 4) is 0 Å². The fourth-order valence-corrected chi connectivity index (χ4v) is 2.62. The summed E-state index contributed by atoms with van der Waals surface area (Å²) in [6, 6.07) is 0.784. The largest absolute Gasteiger partial charge is 0.338 e. The van der Waals surface area contributed by atoms with E-state index in [1.165, 1.54) is 50.9 Å². The molecule has 1 fully saturated rings. The Bertz CT molecular complexity index is 341. The van der Waals surface area contributed by atoms with Gasteiger partial charge in [0.1, 0.15) is 5.82 Å². The highest BCUT2D eigenvalue weighted by Gasteiger charge is 2.29. The summed E-state index contributed by atoms with van der Waals surface area (Å²) in [5.41, 5.74) is 0. The summed E-state index contributed by atoms with van der Waals surface area (Å²) >= 11 is 0. The van der Waals surface area contributed by atoms with Gasteiger partial charge in [-0.25, -0.2) is 4.98 Å². The van der Waals surface area contributed by atoms with Crippen LogP contribution < -0.4 is 5.32 Å². The molecule has 3 heteroatoms. The normalized spacial score (nSPS) is 17.0. The summed E-state index contributed by atoms with van der Waals surface area (Å²) in [5.74, 6) is 2.20. The summed E-state index contributed by atoms with van der Waals surface area (Å²) in [4.78, 5) is 4.38. The lowest BCUT2D eigenvalue weighted by Crippen LogP contribution is -2.31. The van der Waals surface area contributed by atoms with Gasteiger partial charge in [-0.1, -0.05) is 13.3 Å². The standard InChI is InChI=1S/C15H27N3/c1-3-10-16-14(13-8-9-13)6-4-5-7-15-17-11-12-18(15)2/h11-14,16H,3-10H2,1-2H3. The zero-order chi connectivity index (χ0) is 12.8. The van der Waals surface area contributed by atoms with Crippen molar-refractivity contribution < 1.29 is 0 Å². The summed E-state index contributed by atoms with van der Waals surface area (Å²) in [6.07, 6.45) is 13.1. The van der Waals surface area contributed by atoms with Crippen molar-refractivity contribution in [2.75, 3.05) is 6.54 Å². The zero-order valence-corrected chi connectivity index (χ0v) is 11.9. The molecule has 1 aliphatic rings. The number of imidazole rings is 1. The molecule has 1 aromatic heterocycles. The van der Waals surface area contributed by atoms with Crippen LogP contribution in [0.1, 0.15) is 51.3 Å². The van der Waals surface area contributed by atoms with Crippen LogP contribution in [0.2, 0.25) is 0 Å². The number of unbranched alkanes of at least 4 members (excludes halogenated alkanes) is 1. The molecule has 0 aromatic carbocycles. The molecular formula is C15H27N3. The molecule has 1 N–H and O–H groups in total. The second-order valence-electron chi connectivity index (χ2n) is 5.60. The van der Waals surface area contributed by atoms with Crippen molar-refractivity contribution in [3.63, 3.8) is 0 Å². The van der Waals surface area contributed by atoms with Crippen LogP contribution >= 0.6 is 0 Å². The van der Waals surface area contributed by atoms with Crippen molar-refractivity contribution in [1.82, 2.24) is 14.9 Å². The van der Waals surface area contributed by atoms with Gasteiger partial charge in [-0.05, 0) is 44.6 Å². The average molecular weight is 249 g/mol. The molecular weight excluding hydrogens is 222 g/mol. The zero-order valence-electron chi connectivity index (χ0n) is 11.9. The van der Waals surface area contributed by atoms with Crippen molar-refractivity contribution in [3.05, 3.63) is 18.2 Å². The second kappa shape index (κ2) is 6.93. The van der Waals surface area contributed by atoms with Gasteiger partial charge in [0.15, 0.2) is 0 Å². The van der Waals surface area contributed by atoms with E-state index in [-0.39, 0.29) is 0 Å². The van der Waals surface area contributed by atoms with Crippen LogP contribution in [0.15, 0.2) is 12.4 Å². The fraction of sp³-hybridized carbons (Fsp3) is 0.800. The molecule has 102 valence electrons. The van der Waals surface area contributed by atoms with Crippen LogP contribution in [0.5, 0.6) is 0 Å². The van der Waals surface area contributed by atoms with Crippen LogP contribution in [0.3, 0.4) is 0 Å². The molecule has 1 aliphatic carbocycles. The quantitative estimate of drug-likeness (QED) is 0.682. The summed E-state index contributed by atoms with van der Waals surface area (Å²) in [5, 5.41) is 3.72. The Kier molecular flexibility index (Phi) is 5.24. The van der Waals surface area contributed by atoms with Crippen molar-refractivity contribution in [1.29, 1.82) is 0 Å². The second-order valence-corrected chi connectivity index (χ2v) is 5.60. The predicted octanol–water partition coefficient (Wildman–Crippen LogP) is 2.91. The third kappa shape index (κ3) is 4.13. The molecule has 0 aliphatic heterocycles. The van der Waals surface area contributed by atoms with Crippen LogP contribution in [-0.4, -0.2) is 22.1 Å². The molecule has 1 heterocycles. The van der Waals surface area contributed by atoms with Gasteiger partial charge in [0.2, 0.25) is 0 Å². The number of hydrogen-bond donors (Lipinski definition) is 1. The van der Waals surface area contributed by atoms with E-state index in [1.807, 2.05) is 12.4 Å². The maximum atomic E-state index is 4.38. The third-order valence-corrected chi connectivity index (χ3v) is 3.93. The number of nitrogens with zero attached hydrogens (tertiary/aromatic N) is 2. The number of aromatic nitrogens is 2. The molecule has 0 radical (unpaired) electrons. The highest BCUT2D eigenvalue weighted by molar-refractivity contribution is 4.91. The molecule has 1 aromatic rings. The Labute approximate surface area is 111 Å². The highest BCUT2D eigenvalue weighted by atomic mass is 15.0. The van der Waals surface area contributed by atoms with E-state index in [1.54, 1.807) is 0 Å². The first-order valence-corrected chi connectivity index (χ1v) is 7.51. The minimum atomic E-state index is 0.784. The number of rotatable bonds is 9. The van der Waals surface area contributed by atoms with E-state index in [9.17, 15) is 0 Å². The van der Waals surface area contributed by atoms with Gasteiger partial charge in [0.05, 0.1) is 0 Å². The monoisotopic (exact) mass is 249 g/mol. The summed E-state index contributed by atoms with van der Waals surface area (Å²) in [7, 11) is 2.08. The van der Waals surface area contributed by atoms with Gasteiger partial charge in [0.25, 0.3) is 0 Å². The third-order valence-electron chi connectivity index (χ3n) is 3.93. The fourth-order valence-electron chi connectivity index (χ4n) is 2.62. The minimum Gasteiger partial charge on any atom is -0.338 e. The summed E-state index contributed by atoms with van der Waals surface area (Å²) in [6.45, 7) is 3.43. The molecule has 1 unspecified atom stereocenters. The van der Waals surface area contributed by atoms with Crippen LogP contribution in [0.25, 0.3) is 0 Å². The van der Waals surface area contributed by atoms with Crippen molar-refractivity contribution in [2.45, 2.75) is 57.9 Å². The molecule has 2 rings (SSSR count). The van der Waals surface area contributed by atoms with E-state index in [4.69, 9.17) is 0 Å². The van der Waals surface area contributed by atoms with E-state index >= 15 is 0 Å². The number of aryl methyl sites for hydroxylation is 2. The summed E-state index contributed by atoms with van der Waals surface area (Å²) < 4.78 is 2.13. The lowest BCUT2D eigenvalue weighted by molar-refractivity contribution is 0.418. The van der Waals surface area contributed by atoms with Crippen molar-refractivity contribution in [2.24, 2.45) is 13.0 Å². The SMILES string of the molecule is CCCNC(CCCCc1nccn1C)C1CC1. The minimum absolute atomic E-state index is 0.784. The Morgan fingerprint density at radius 2 is 2.28 bits per heavy atom. The van der Waals surface area contributed by atoms with Gasteiger partial charge in [-0.3, -0.25) is 0 Å². The van der Waals surface area contributed by atoms with Gasteiger partial charge >= 0.3 is 0 Å². The lowest BCUT2D eigenvalue weighted by atomic mass is 10.0. The highest BCUT2D eigenvalue weighted by Crippen LogP contribution is 2.34. The molecule has 3 nitrogen and oxygen atoms in total. The predicted molar refractivity (Wildman–Crippen MR) is 75.6 cm³/mol. The molecule has 0 amide bonds. The Morgan fingerprint density at radius 1 is 1.44 bits per heavy atom. The maximum absolute atomic E-state index is 4.38. The topological polar surface area (TPSA) is 29.9 Å². The van der Waals surface area contributed by atoms with E-state index in [0.717, 1.165) is 18.4 Å². The van der Waals surface area contributed by atoms with Gasteiger partial charge in [0, 0.05) is 31.9 Å².